The zero-order valence-electron chi connectivity index (χ0n) is 12.7. The number of hydrogen-bond donors (Lipinski definition) is 2. The van der Waals surface area contributed by atoms with Crippen LogP contribution in [-0.2, 0) is 0 Å². The van der Waals surface area contributed by atoms with Crippen LogP contribution in [0.4, 0.5) is 18.9 Å². The highest BCUT2D eigenvalue weighted by molar-refractivity contribution is 6.01. The third-order valence-corrected chi connectivity index (χ3v) is 3.86. The summed E-state index contributed by atoms with van der Waals surface area (Å²) in [5.41, 5.74) is 2.99. The molecule has 3 rings (SSSR count). The number of fused-ring (bicyclic) bond motifs is 1. The molecule has 0 spiro atoms. The van der Waals surface area contributed by atoms with Crippen LogP contribution in [0.1, 0.15) is 33.5 Å². The van der Waals surface area contributed by atoms with Gasteiger partial charge in [-0.3, -0.25) is 4.79 Å². The lowest BCUT2D eigenvalue weighted by Gasteiger charge is -2.38. The van der Waals surface area contributed by atoms with Crippen molar-refractivity contribution in [2.75, 3.05) is 11.9 Å². The minimum atomic E-state index is -4.47. The number of nitrogens with zero attached hydrogens (tertiary/aromatic N) is 1. The molecule has 1 amide bonds. The van der Waals surface area contributed by atoms with Gasteiger partial charge in [-0.1, -0.05) is 12.1 Å². The summed E-state index contributed by atoms with van der Waals surface area (Å²) in [4.78, 5) is 16.5. The molecule has 1 aliphatic heterocycles. The number of aromatic amines is 1. The van der Waals surface area contributed by atoms with Gasteiger partial charge >= 0.3 is 6.18 Å². The Bertz CT molecular complexity index is 751. The van der Waals surface area contributed by atoms with Gasteiger partial charge in [0.15, 0.2) is 0 Å². The summed E-state index contributed by atoms with van der Waals surface area (Å²) in [5.74, 6) is -0.625. The Kier molecular flexibility index (Phi) is 3.58. The first-order valence-electron chi connectivity index (χ1n) is 7.15. The number of para-hydroxylation sites is 1. The van der Waals surface area contributed by atoms with Gasteiger partial charge in [-0.15, -0.1) is 0 Å². The second-order valence-corrected chi connectivity index (χ2v) is 5.67. The number of carbonyl (C=O) groups is 1. The van der Waals surface area contributed by atoms with Crippen molar-refractivity contribution in [3.05, 3.63) is 52.8 Å². The highest BCUT2D eigenvalue weighted by Gasteiger charge is 2.41. The van der Waals surface area contributed by atoms with E-state index in [1.54, 1.807) is 31.2 Å². The molecule has 1 aromatic carbocycles. The molecule has 0 fully saturated rings. The third kappa shape index (κ3) is 2.91. The lowest BCUT2D eigenvalue weighted by atomic mass is 10.0. The fourth-order valence-electron chi connectivity index (χ4n) is 2.92. The topological polar surface area (TPSA) is 48.1 Å². The van der Waals surface area contributed by atoms with E-state index in [0.717, 1.165) is 16.3 Å². The Morgan fingerprint density at radius 3 is 2.52 bits per heavy atom. The number of aryl methyl sites for hydroxylation is 2. The maximum absolute atomic E-state index is 13.0. The van der Waals surface area contributed by atoms with Crippen LogP contribution in [0, 0.1) is 13.8 Å². The van der Waals surface area contributed by atoms with E-state index in [1.807, 2.05) is 6.92 Å². The van der Waals surface area contributed by atoms with Crippen LogP contribution >= 0.6 is 0 Å². The first-order chi connectivity index (χ1) is 10.8. The molecule has 1 aromatic heterocycles. The van der Waals surface area contributed by atoms with E-state index in [0.29, 0.717) is 11.3 Å². The van der Waals surface area contributed by atoms with Gasteiger partial charge < -0.3 is 15.2 Å². The van der Waals surface area contributed by atoms with Crippen LogP contribution in [0.15, 0.2) is 30.3 Å². The van der Waals surface area contributed by atoms with Gasteiger partial charge in [0.2, 0.25) is 0 Å². The number of benzene rings is 1. The van der Waals surface area contributed by atoms with Crippen LogP contribution in [0.2, 0.25) is 0 Å². The van der Waals surface area contributed by atoms with E-state index < -0.39 is 24.8 Å². The molecule has 7 heteroatoms. The van der Waals surface area contributed by atoms with Crippen molar-refractivity contribution in [1.82, 2.24) is 9.88 Å². The van der Waals surface area contributed by atoms with E-state index in [-0.39, 0.29) is 5.56 Å². The van der Waals surface area contributed by atoms with E-state index >= 15 is 0 Å². The minimum absolute atomic E-state index is 0.248. The van der Waals surface area contributed by atoms with E-state index in [2.05, 4.69) is 10.3 Å². The van der Waals surface area contributed by atoms with Crippen molar-refractivity contribution >= 4 is 11.6 Å². The third-order valence-electron chi connectivity index (χ3n) is 3.86. The zero-order chi connectivity index (χ0) is 16.8. The molecule has 0 radical (unpaired) electrons. The van der Waals surface area contributed by atoms with E-state index in [1.165, 1.54) is 6.07 Å². The Labute approximate surface area is 131 Å². The maximum Gasteiger partial charge on any atom is 0.406 e. The number of carbonyl (C=O) groups excluding carboxylic acids is 1. The summed E-state index contributed by atoms with van der Waals surface area (Å²) < 4.78 is 38.9. The monoisotopic (exact) mass is 323 g/mol. The van der Waals surface area contributed by atoms with Crippen molar-refractivity contribution in [3.8, 4) is 0 Å². The average molecular weight is 323 g/mol. The Morgan fingerprint density at radius 1 is 1.22 bits per heavy atom. The van der Waals surface area contributed by atoms with Crippen LogP contribution in [-0.4, -0.2) is 28.5 Å². The Balaban J connectivity index is 2.08. The molecule has 2 heterocycles. The highest BCUT2D eigenvalue weighted by atomic mass is 19.4. The normalized spacial score (nSPS) is 17.9. The standard InChI is InChI=1S/C16H16F3N3O/c1-9-7-12(10(2)20-9)14-21-13-6-4-3-5-11(13)15(23)22(14)8-16(17,18)19/h3-7,14,20-21H,8H2,1-2H3/t14-/m0/s1. The second-order valence-electron chi connectivity index (χ2n) is 5.67. The molecule has 0 aliphatic carbocycles. The number of alkyl halides is 3. The molecular formula is C16H16F3N3O. The van der Waals surface area contributed by atoms with Crippen molar-refractivity contribution in [3.63, 3.8) is 0 Å². The number of aromatic nitrogens is 1. The summed E-state index contributed by atoms with van der Waals surface area (Å²) >= 11 is 0. The Hall–Kier alpha value is -2.44. The number of H-pyrrole nitrogens is 1. The van der Waals surface area contributed by atoms with Crippen molar-refractivity contribution in [1.29, 1.82) is 0 Å². The largest absolute Gasteiger partial charge is 0.406 e. The second kappa shape index (κ2) is 5.33. The quantitative estimate of drug-likeness (QED) is 0.884. The number of rotatable bonds is 2. The van der Waals surface area contributed by atoms with Crippen LogP contribution in [0.3, 0.4) is 0 Å². The molecule has 122 valence electrons. The summed E-state index contributed by atoms with van der Waals surface area (Å²) in [6.45, 7) is 2.30. The first-order valence-corrected chi connectivity index (χ1v) is 7.15. The van der Waals surface area contributed by atoms with Gasteiger partial charge in [0.25, 0.3) is 5.91 Å². The van der Waals surface area contributed by atoms with Gasteiger partial charge in [-0.05, 0) is 32.0 Å². The minimum Gasteiger partial charge on any atom is -0.362 e. The predicted octanol–water partition coefficient (Wildman–Crippen LogP) is 3.76. The number of hydrogen-bond acceptors (Lipinski definition) is 2. The summed E-state index contributed by atoms with van der Waals surface area (Å²) in [6.07, 6.45) is -5.33. The number of nitrogens with one attached hydrogen (secondary N) is 2. The molecule has 0 saturated carbocycles. The molecule has 1 aliphatic rings. The average Bonchev–Trinajstić information content (AvgIpc) is 2.79. The van der Waals surface area contributed by atoms with Gasteiger partial charge in [-0.25, -0.2) is 0 Å². The van der Waals surface area contributed by atoms with Crippen molar-refractivity contribution < 1.29 is 18.0 Å². The summed E-state index contributed by atoms with van der Waals surface area (Å²) in [7, 11) is 0. The molecular weight excluding hydrogens is 307 g/mol. The van der Waals surface area contributed by atoms with Gasteiger partial charge in [0, 0.05) is 22.6 Å². The SMILES string of the molecule is Cc1cc([C@H]2Nc3ccccc3C(=O)N2CC(F)(F)F)c(C)[nH]1. The first kappa shape index (κ1) is 15.5. The fourth-order valence-corrected chi connectivity index (χ4v) is 2.92. The van der Waals surface area contributed by atoms with Crippen molar-refractivity contribution in [2.45, 2.75) is 26.2 Å². The van der Waals surface area contributed by atoms with Gasteiger partial charge in [0.1, 0.15) is 12.7 Å². The lowest BCUT2D eigenvalue weighted by Crippen LogP contribution is -2.47. The smallest absolute Gasteiger partial charge is 0.362 e. The van der Waals surface area contributed by atoms with Gasteiger partial charge in [0.05, 0.1) is 5.56 Å². The molecule has 4 nitrogen and oxygen atoms in total. The fraction of sp³-hybridized carbons (Fsp3) is 0.312. The van der Waals surface area contributed by atoms with Gasteiger partial charge in [-0.2, -0.15) is 13.2 Å². The van der Waals surface area contributed by atoms with Crippen LogP contribution in [0.25, 0.3) is 0 Å². The molecule has 1 atom stereocenters. The van der Waals surface area contributed by atoms with Crippen molar-refractivity contribution in [2.24, 2.45) is 0 Å². The molecule has 2 aromatic rings. The molecule has 23 heavy (non-hydrogen) atoms. The van der Waals surface area contributed by atoms with Crippen LogP contribution < -0.4 is 5.32 Å². The maximum atomic E-state index is 13.0. The lowest BCUT2D eigenvalue weighted by molar-refractivity contribution is -0.144. The summed E-state index contributed by atoms with van der Waals surface area (Å²) in [5, 5.41) is 3.06. The predicted molar refractivity (Wildman–Crippen MR) is 80.2 cm³/mol. The molecule has 0 bridgehead atoms. The molecule has 2 N–H and O–H groups in total. The summed E-state index contributed by atoms with van der Waals surface area (Å²) in [6, 6.07) is 8.36. The zero-order valence-corrected chi connectivity index (χ0v) is 12.7. The molecule has 0 unspecified atom stereocenters. The van der Waals surface area contributed by atoms with Crippen LogP contribution in [0.5, 0.6) is 0 Å². The van der Waals surface area contributed by atoms with E-state index in [9.17, 15) is 18.0 Å². The number of amides is 1. The Morgan fingerprint density at radius 2 is 1.91 bits per heavy atom. The van der Waals surface area contributed by atoms with E-state index in [4.69, 9.17) is 0 Å². The number of anilines is 1. The number of halogens is 3. The highest BCUT2D eigenvalue weighted by Crippen LogP contribution is 2.36. The molecule has 0 saturated heterocycles.